The highest BCUT2D eigenvalue weighted by Crippen LogP contribution is 2.40. The Balaban J connectivity index is 3.11. The molecule has 0 radical (unpaired) electrons. The number of hydrogen-bond acceptors (Lipinski definition) is 1. The van der Waals surface area contributed by atoms with Crippen LogP contribution >= 0.6 is 0 Å². The molecular formula is C15H23F3OSi. The van der Waals surface area contributed by atoms with E-state index in [0.29, 0.717) is 18.1 Å². The van der Waals surface area contributed by atoms with Crippen molar-refractivity contribution in [3.05, 3.63) is 35.4 Å². The van der Waals surface area contributed by atoms with Crippen LogP contribution in [0.15, 0.2) is 24.3 Å². The van der Waals surface area contributed by atoms with Crippen molar-refractivity contribution in [2.45, 2.75) is 58.1 Å². The Kier molecular flexibility index (Phi) is 5.83. The fourth-order valence-corrected chi connectivity index (χ4v) is 5.08. The highest BCUT2D eigenvalue weighted by molar-refractivity contribution is 6.73. The van der Waals surface area contributed by atoms with Crippen LogP contribution in [0, 0.1) is 6.92 Å². The molecule has 1 atom stereocenters. The topological polar surface area (TPSA) is 9.23 Å². The van der Waals surface area contributed by atoms with Crippen LogP contribution in [0.5, 0.6) is 0 Å². The van der Waals surface area contributed by atoms with Crippen molar-refractivity contribution in [2.24, 2.45) is 0 Å². The third-order valence-electron chi connectivity index (χ3n) is 3.98. The summed E-state index contributed by atoms with van der Waals surface area (Å²) in [5.74, 6) is 0. The van der Waals surface area contributed by atoms with E-state index in [-0.39, 0.29) is 5.56 Å². The molecule has 0 N–H and O–H groups in total. The van der Waals surface area contributed by atoms with Crippen LogP contribution in [0.4, 0.5) is 13.2 Å². The van der Waals surface area contributed by atoms with Gasteiger partial charge in [-0.25, -0.2) is 0 Å². The van der Waals surface area contributed by atoms with E-state index in [1.807, 2.05) is 27.7 Å². The van der Waals surface area contributed by atoms with Gasteiger partial charge in [0.05, 0.1) is 0 Å². The summed E-state index contributed by atoms with van der Waals surface area (Å²) in [6.45, 7) is 7.65. The van der Waals surface area contributed by atoms with Crippen LogP contribution in [0.1, 0.15) is 38.0 Å². The SMILES string of the molecule is CC[Si](CC)(CC)OC(c1ccc(C)cc1)C(F)(F)F. The van der Waals surface area contributed by atoms with Gasteiger partial charge in [-0.1, -0.05) is 50.6 Å². The first-order chi connectivity index (χ1) is 9.28. The Bertz CT molecular complexity index is 402. The number of hydrogen-bond donors (Lipinski definition) is 0. The molecule has 0 heterocycles. The molecule has 0 bridgehead atoms. The summed E-state index contributed by atoms with van der Waals surface area (Å²) in [6, 6.07) is 8.56. The van der Waals surface area contributed by atoms with Crippen LogP contribution in [-0.4, -0.2) is 14.5 Å². The van der Waals surface area contributed by atoms with Gasteiger partial charge in [-0.05, 0) is 30.6 Å². The second-order valence-corrected chi connectivity index (χ2v) is 9.92. The summed E-state index contributed by atoms with van der Waals surface area (Å²) in [5.41, 5.74) is 1.15. The van der Waals surface area contributed by atoms with Crippen molar-refractivity contribution in [3.8, 4) is 0 Å². The van der Waals surface area contributed by atoms with Crippen molar-refractivity contribution in [1.82, 2.24) is 0 Å². The molecule has 1 unspecified atom stereocenters. The first-order valence-electron chi connectivity index (χ1n) is 7.09. The lowest BCUT2D eigenvalue weighted by molar-refractivity contribution is -0.201. The lowest BCUT2D eigenvalue weighted by Crippen LogP contribution is -2.41. The Labute approximate surface area is 120 Å². The summed E-state index contributed by atoms with van der Waals surface area (Å²) >= 11 is 0. The second kappa shape index (κ2) is 6.76. The smallest absolute Gasteiger partial charge is 0.402 e. The molecule has 1 aromatic carbocycles. The second-order valence-electron chi connectivity index (χ2n) is 5.19. The Hall–Kier alpha value is -0.813. The number of alkyl halides is 3. The molecule has 1 aromatic rings. The highest BCUT2D eigenvalue weighted by Gasteiger charge is 2.46. The average molecular weight is 304 g/mol. The van der Waals surface area contributed by atoms with E-state index in [9.17, 15) is 13.2 Å². The van der Waals surface area contributed by atoms with Gasteiger partial charge < -0.3 is 4.43 Å². The molecule has 0 fully saturated rings. The zero-order valence-electron chi connectivity index (χ0n) is 12.6. The van der Waals surface area contributed by atoms with Gasteiger partial charge in [-0.15, -0.1) is 0 Å². The van der Waals surface area contributed by atoms with E-state index in [1.54, 1.807) is 12.1 Å². The Morgan fingerprint density at radius 2 is 1.45 bits per heavy atom. The van der Waals surface area contributed by atoms with E-state index in [1.165, 1.54) is 12.1 Å². The molecule has 114 valence electrons. The quantitative estimate of drug-likeness (QED) is 0.620. The van der Waals surface area contributed by atoms with Gasteiger partial charge in [0, 0.05) is 0 Å². The molecule has 0 aliphatic heterocycles. The molecular weight excluding hydrogens is 281 g/mol. The minimum Gasteiger partial charge on any atom is -0.402 e. The highest BCUT2D eigenvalue weighted by atomic mass is 28.4. The van der Waals surface area contributed by atoms with Gasteiger partial charge in [0.25, 0.3) is 0 Å². The van der Waals surface area contributed by atoms with Gasteiger partial charge in [0.2, 0.25) is 0 Å². The lowest BCUT2D eigenvalue weighted by atomic mass is 10.1. The predicted molar refractivity (Wildman–Crippen MR) is 78.3 cm³/mol. The van der Waals surface area contributed by atoms with E-state index < -0.39 is 20.6 Å². The maximum atomic E-state index is 13.3. The van der Waals surface area contributed by atoms with Crippen LogP contribution in [0.2, 0.25) is 18.1 Å². The van der Waals surface area contributed by atoms with Gasteiger partial charge in [-0.3, -0.25) is 0 Å². The molecule has 0 aliphatic carbocycles. The first-order valence-corrected chi connectivity index (χ1v) is 9.62. The number of aryl methyl sites for hydroxylation is 1. The molecule has 5 heteroatoms. The molecule has 1 nitrogen and oxygen atoms in total. The third-order valence-corrected chi connectivity index (χ3v) is 8.58. The molecule has 0 aromatic heterocycles. The molecule has 1 rings (SSSR count). The first kappa shape index (κ1) is 17.2. The summed E-state index contributed by atoms with van der Waals surface area (Å²) in [7, 11) is -2.31. The molecule has 0 aliphatic rings. The summed E-state index contributed by atoms with van der Waals surface area (Å²) in [6.07, 6.45) is -6.16. The van der Waals surface area contributed by atoms with Crippen LogP contribution in [0.25, 0.3) is 0 Å². The fraction of sp³-hybridized carbons (Fsp3) is 0.600. The summed E-state index contributed by atoms with van der Waals surface area (Å²) in [4.78, 5) is 0. The minimum atomic E-state index is -4.37. The monoisotopic (exact) mass is 304 g/mol. The summed E-state index contributed by atoms with van der Waals surface area (Å²) < 4.78 is 45.7. The molecule has 0 saturated carbocycles. The van der Waals surface area contributed by atoms with Crippen LogP contribution < -0.4 is 0 Å². The van der Waals surface area contributed by atoms with E-state index in [4.69, 9.17) is 4.43 Å². The Morgan fingerprint density at radius 1 is 1.00 bits per heavy atom. The maximum Gasteiger partial charge on any atom is 0.417 e. The normalized spacial score (nSPS) is 14.3. The van der Waals surface area contributed by atoms with Crippen LogP contribution in [0.3, 0.4) is 0 Å². The third kappa shape index (κ3) is 4.09. The van der Waals surface area contributed by atoms with Crippen molar-refractivity contribution in [1.29, 1.82) is 0 Å². The molecule has 0 saturated heterocycles. The lowest BCUT2D eigenvalue weighted by Gasteiger charge is -2.34. The average Bonchev–Trinajstić information content (AvgIpc) is 2.41. The van der Waals surface area contributed by atoms with Crippen LogP contribution in [-0.2, 0) is 4.43 Å². The molecule has 0 amide bonds. The standard InChI is InChI=1S/C15H23F3OSi/c1-5-20(6-2,7-3)19-14(15(16,17)18)13-10-8-12(4)9-11-13/h8-11,14H,5-7H2,1-4H3. The van der Waals surface area contributed by atoms with E-state index in [2.05, 4.69) is 0 Å². The van der Waals surface area contributed by atoms with Crippen molar-refractivity contribution in [3.63, 3.8) is 0 Å². The van der Waals surface area contributed by atoms with E-state index >= 15 is 0 Å². The zero-order valence-corrected chi connectivity index (χ0v) is 13.6. The maximum absolute atomic E-state index is 13.3. The zero-order chi connectivity index (χ0) is 15.4. The predicted octanol–water partition coefficient (Wildman–Crippen LogP) is 5.62. The number of benzene rings is 1. The van der Waals surface area contributed by atoms with Crippen molar-refractivity contribution >= 4 is 8.32 Å². The van der Waals surface area contributed by atoms with Gasteiger partial charge in [0.1, 0.15) is 0 Å². The number of rotatable bonds is 6. The van der Waals surface area contributed by atoms with Gasteiger partial charge in [-0.2, -0.15) is 13.2 Å². The minimum absolute atomic E-state index is 0.204. The van der Waals surface area contributed by atoms with E-state index in [0.717, 1.165) is 5.56 Å². The summed E-state index contributed by atoms with van der Waals surface area (Å²) in [5, 5.41) is 0. The van der Waals surface area contributed by atoms with Gasteiger partial charge >= 0.3 is 6.18 Å². The molecule has 0 spiro atoms. The van der Waals surface area contributed by atoms with Crippen molar-refractivity contribution in [2.75, 3.05) is 0 Å². The van der Waals surface area contributed by atoms with Gasteiger partial charge in [0.15, 0.2) is 14.4 Å². The largest absolute Gasteiger partial charge is 0.417 e. The fourth-order valence-electron chi connectivity index (χ4n) is 2.32. The Morgan fingerprint density at radius 3 is 1.80 bits per heavy atom. The van der Waals surface area contributed by atoms with Crippen molar-refractivity contribution < 1.29 is 17.6 Å². The number of halogens is 3. The molecule has 20 heavy (non-hydrogen) atoms.